The Hall–Kier alpha value is -2.41. The molecular formula is C19H24N4O2S. The summed E-state index contributed by atoms with van der Waals surface area (Å²) in [6.45, 7) is 5.19. The molecule has 1 aliphatic rings. The highest BCUT2D eigenvalue weighted by atomic mass is 32.1. The van der Waals surface area contributed by atoms with Gasteiger partial charge in [0.05, 0.1) is 10.7 Å². The van der Waals surface area contributed by atoms with Gasteiger partial charge in [-0.2, -0.15) is 0 Å². The van der Waals surface area contributed by atoms with Gasteiger partial charge in [-0.1, -0.05) is 25.1 Å². The number of carbonyl (C=O) groups is 2. The van der Waals surface area contributed by atoms with E-state index in [9.17, 15) is 9.59 Å². The first-order valence-corrected chi connectivity index (χ1v) is 9.76. The van der Waals surface area contributed by atoms with Gasteiger partial charge in [-0.25, -0.2) is 9.78 Å². The molecule has 0 spiro atoms. The Morgan fingerprint density at radius 3 is 2.58 bits per heavy atom. The zero-order valence-electron chi connectivity index (χ0n) is 15.1. The second-order valence-electron chi connectivity index (χ2n) is 6.39. The van der Waals surface area contributed by atoms with E-state index in [-0.39, 0.29) is 18.0 Å². The fourth-order valence-corrected chi connectivity index (χ4v) is 4.00. The predicted molar refractivity (Wildman–Crippen MR) is 104 cm³/mol. The van der Waals surface area contributed by atoms with Crippen LogP contribution in [0.2, 0.25) is 0 Å². The van der Waals surface area contributed by atoms with Crippen LogP contribution in [0.3, 0.4) is 0 Å². The Bertz CT molecular complexity index is 767. The second kappa shape index (κ2) is 8.31. The molecule has 1 saturated heterocycles. The van der Waals surface area contributed by atoms with E-state index in [2.05, 4.69) is 15.6 Å². The Morgan fingerprint density at radius 1 is 1.23 bits per heavy atom. The zero-order valence-corrected chi connectivity index (χ0v) is 15.9. The second-order valence-corrected chi connectivity index (χ2v) is 7.60. The van der Waals surface area contributed by atoms with Crippen molar-refractivity contribution >= 4 is 29.0 Å². The lowest BCUT2D eigenvalue weighted by Gasteiger charge is -2.32. The SMILES string of the molecule is CCc1nc(C)sc1C(=O)NC1CCN(C(=O)Nc2ccccc2)CC1. The number of para-hydroxylation sites is 1. The highest BCUT2D eigenvalue weighted by molar-refractivity contribution is 7.13. The standard InChI is InChI=1S/C19H24N4O2S/c1-3-16-17(26-13(2)20-16)18(24)21-15-9-11-23(12-10-15)19(25)22-14-7-5-4-6-8-14/h4-8,15H,3,9-12H2,1-2H3,(H,21,24)(H,22,25). The van der Waals surface area contributed by atoms with Crippen molar-refractivity contribution in [2.45, 2.75) is 39.2 Å². The number of thiazole rings is 1. The number of aryl methyl sites for hydroxylation is 2. The van der Waals surface area contributed by atoms with Gasteiger partial charge in [0.2, 0.25) is 0 Å². The maximum Gasteiger partial charge on any atom is 0.321 e. The van der Waals surface area contributed by atoms with Crippen molar-refractivity contribution in [1.82, 2.24) is 15.2 Å². The summed E-state index contributed by atoms with van der Waals surface area (Å²) in [5.74, 6) is -0.0420. The third-order valence-electron chi connectivity index (χ3n) is 4.49. The number of nitrogens with one attached hydrogen (secondary N) is 2. The molecule has 7 heteroatoms. The van der Waals surface area contributed by atoms with Crippen LogP contribution in [0.4, 0.5) is 10.5 Å². The van der Waals surface area contributed by atoms with E-state index in [4.69, 9.17) is 0 Å². The smallest absolute Gasteiger partial charge is 0.321 e. The minimum Gasteiger partial charge on any atom is -0.348 e. The van der Waals surface area contributed by atoms with E-state index in [1.165, 1.54) is 11.3 Å². The summed E-state index contributed by atoms with van der Waals surface area (Å²) in [7, 11) is 0. The lowest BCUT2D eigenvalue weighted by atomic mass is 10.1. The predicted octanol–water partition coefficient (Wildman–Crippen LogP) is 3.44. The first-order chi connectivity index (χ1) is 12.6. The third kappa shape index (κ3) is 4.40. The molecule has 0 bridgehead atoms. The van der Waals surface area contributed by atoms with Crippen LogP contribution in [-0.4, -0.2) is 41.0 Å². The number of likely N-dealkylation sites (tertiary alicyclic amines) is 1. The van der Waals surface area contributed by atoms with Gasteiger partial charge in [-0.05, 0) is 38.3 Å². The van der Waals surface area contributed by atoms with Gasteiger partial charge in [-0.15, -0.1) is 11.3 Å². The lowest BCUT2D eigenvalue weighted by molar-refractivity contribution is 0.0922. The highest BCUT2D eigenvalue weighted by Crippen LogP contribution is 2.20. The quantitative estimate of drug-likeness (QED) is 0.863. The summed E-state index contributed by atoms with van der Waals surface area (Å²) < 4.78 is 0. The number of aromatic nitrogens is 1. The number of piperidine rings is 1. The number of amides is 3. The molecule has 26 heavy (non-hydrogen) atoms. The molecule has 138 valence electrons. The van der Waals surface area contributed by atoms with Crippen LogP contribution in [0.25, 0.3) is 0 Å². The topological polar surface area (TPSA) is 74.3 Å². The molecule has 1 aromatic heterocycles. The van der Waals surface area contributed by atoms with Crippen LogP contribution in [0.15, 0.2) is 30.3 Å². The lowest BCUT2D eigenvalue weighted by Crippen LogP contribution is -2.47. The molecule has 0 unspecified atom stereocenters. The average Bonchev–Trinajstić information content (AvgIpc) is 3.04. The zero-order chi connectivity index (χ0) is 18.5. The number of nitrogens with zero attached hydrogens (tertiary/aromatic N) is 2. The van der Waals surface area contributed by atoms with E-state index in [0.717, 1.165) is 35.7 Å². The molecule has 3 amide bonds. The first kappa shape index (κ1) is 18.4. The van der Waals surface area contributed by atoms with E-state index in [1.54, 1.807) is 4.90 Å². The van der Waals surface area contributed by atoms with E-state index in [1.807, 2.05) is 44.2 Å². The van der Waals surface area contributed by atoms with E-state index >= 15 is 0 Å². The number of benzene rings is 1. The minimum absolute atomic E-state index is 0.0420. The normalized spacial score (nSPS) is 14.9. The van der Waals surface area contributed by atoms with Crippen LogP contribution >= 0.6 is 11.3 Å². The Labute approximate surface area is 157 Å². The minimum atomic E-state index is -0.0904. The van der Waals surface area contributed by atoms with Gasteiger partial charge < -0.3 is 15.5 Å². The van der Waals surface area contributed by atoms with E-state index < -0.39 is 0 Å². The molecule has 0 radical (unpaired) electrons. The van der Waals surface area contributed by atoms with Crippen molar-refractivity contribution < 1.29 is 9.59 Å². The average molecular weight is 372 g/mol. The molecule has 2 heterocycles. The Kier molecular flexibility index (Phi) is 5.88. The summed E-state index contributed by atoms with van der Waals surface area (Å²) in [4.78, 5) is 31.8. The maximum atomic E-state index is 12.5. The summed E-state index contributed by atoms with van der Waals surface area (Å²) in [6.07, 6.45) is 2.27. The molecule has 0 aliphatic carbocycles. The molecule has 2 aromatic rings. The maximum absolute atomic E-state index is 12.5. The van der Waals surface area contributed by atoms with Gasteiger partial charge in [0.15, 0.2) is 0 Å². The molecule has 1 aliphatic heterocycles. The number of hydrogen-bond acceptors (Lipinski definition) is 4. The van der Waals surface area contributed by atoms with Crippen molar-refractivity contribution in [3.63, 3.8) is 0 Å². The molecule has 0 saturated carbocycles. The van der Waals surface area contributed by atoms with Crippen molar-refractivity contribution in [2.75, 3.05) is 18.4 Å². The van der Waals surface area contributed by atoms with Crippen molar-refractivity contribution in [3.05, 3.63) is 45.9 Å². The summed E-state index contributed by atoms with van der Waals surface area (Å²) in [5.41, 5.74) is 1.66. The van der Waals surface area contributed by atoms with Gasteiger partial charge in [0, 0.05) is 24.8 Å². The van der Waals surface area contributed by atoms with Crippen LogP contribution < -0.4 is 10.6 Å². The molecule has 3 rings (SSSR count). The van der Waals surface area contributed by atoms with Crippen molar-refractivity contribution in [2.24, 2.45) is 0 Å². The van der Waals surface area contributed by atoms with E-state index in [0.29, 0.717) is 18.0 Å². The largest absolute Gasteiger partial charge is 0.348 e. The molecule has 2 N–H and O–H groups in total. The summed E-state index contributed by atoms with van der Waals surface area (Å²) in [5, 5.41) is 6.93. The molecule has 6 nitrogen and oxygen atoms in total. The Morgan fingerprint density at radius 2 is 1.92 bits per heavy atom. The van der Waals surface area contributed by atoms with Crippen molar-refractivity contribution in [1.29, 1.82) is 0 Å². The first-order valence-electron chi connectivity index (χ1n) is 8.95. The van der Waals surface area contributed by atoms with Crippen LogP contribution in [-0.2, 0) is 6.42 Å². The fourth-order valence-electron chi connectivity index (χ4n) is 3.09. The molecule has 1 aromatic carbocycles. The van der Waals surface area contributed by atoms with Crippen LogP contribution in [0, 0.1) is 6.92 Å². The third-order valence-corrected chi connectivity index (χ3v) is 5.50. The van der Waals surface area contributed by atoms with Gasteiger partial charge in [0.25, 0.3) is 5.91 Å². The number of rotatable bonds is 4. The fraction of sp³-hybridized carbons (Fsp3) is 0.421. The van der Waals surface area contributed by atoms with Crippen LogP contribution in [0.1, 0.15) is 40.1 Å². The number of anilines is 1. The van der Waals surface area contributed by atoms with Gasteiger partial charge >= 0.3 is 6.03 Å². The number of carbonyl (C=O) groups excluding carboxylic acids is 2. The highest BCUT2D eigenvalue weighted by Gasteiger charge is 2.25. The monoisotopic (exact) mass is 372 g/mol. The summed E-state index contributed by atoms with van der Waals surface area (Å²) in [6, 6.07) is 9.44. The molecule has 0 atom stereocenters. The van der Waals surface area contributed by atoms with Gasteiger partial charge in [0.1, 0.15) is 4.88 Å². The Balaban J connectivity index is 1.50. The molecular weight excluding hydrogens is 348 g/mol. The summed E-state index contributed by atoms with van der Waals surface area (Å²) >= 11 is 1.44. The number of urea groups is 1. The van der Waals surface area contributed by atoms with Crippen molar-refractivity contribution in [3.8, 4) is 0 Å². The van der Waals surface area contributed by atoms with Gasteiger partial charge in [-0.3, -0.25) is 4.79 Å². The molecule has 1 fully saturated rings. The van der Waals surface area contributed by atoms with Crippen LogP contribution in [0.5, 0.6) is 0 Å². The number of hydrogen-bond donors (Lipinski definition) is 2.